The van der Waals surface area contributed by atoms with E-state index in [1.54, 1.807) is 0 Å². The summed E-state index contributed by atoms with van der Waals surface area (Å²) in [5, 5.41) is 12.2. The second-order valence-corrected chi connectivity index (χ2v) is 5.36. The Morgan fingerprint density at radius 1 is 1.05 bits per heavy atom. The van der Waals surface area contributed by atoms with E-state index in [2.05, 4.69) is 5.32 Å². The molecule has 0 aliphatic heterocycles. The smallest absolute Gasteiger partial charge is 0.230 e. The zero-order chi connectivity index (χ0) is 14.2. The molecule has 0 spiro atoms. The van der Waals surface area contributed by atoms with Crippen LogP contribution in [0.2, 0.25) is 0 Å². The summed E-state index contributed by atoms with van der Waals surface area (Å²) in [4.78, 5) is 13.0. The van der Waals surface area contributed by atoms with E-state index in [1.165, 1.54) is 11.8 Å². The fourth-order valence-corrected chi connectivity index (χ4v) is 2.55. The minimum absolute atomic E-state index is 0.0817. The molecule has 2 rings (SSSR count). The molecular weight excluding hydrogens is 270 g/mol. The van der Waals surface area contributed by atoms with Crippen molar-refractivity contribution >= 4 is 17.7 Å². The van der Waals surface area contributed by atoms with Crippen LogP contribution >= 0.6 is 11.8 Å². The average molecular weight is 287 g/mol. The van der Waals surface area contributed by atoms with Gasteiger partial charge in [-0.3, -0.25) is 4.79 Å². The van der Waals surface area contributed by atoms with Gasteiger partial charge < -0.3 is 10.4 Å². The molecule has 1 amide bonds. The van der Waals surface area contributed by atoms with Gasteiger partial charge in [0.25, 0.3) is 0 Å². The van der Waals surface area contributed by atoms with Crippen LogP contribution in [0.4, 0.5) is 0 Å². The summed E-state index contributed by atoms with van der Waals surface area (Å²) in [6, 6.07) is 18.9. The summed E-state index contributed by atoms with van der Waals surface area (Å²) in [7, 11) is 0. The Labute approximate surface area is 123 Å². The lowest BCUT2D eigenvalue weighted by Gasteiger charge is -2.16. The summed E-state index contributed by atoms with van der Waals surface area (Å²) >= 11 is 1.48. The summed E-state index contributed by atoms with van der Waals surface area (Å²) in [5.74, 6) is 0.259. The van der Waals surface area contributed by atoms with Crippen molar-refractivity contribution in [3.8, 4) is 0 Å². The van der Waals surface area contributed by atoms with Crippen molar-refractivity contribution in [3.63, 3.8) is 0 Å². The molecule has 3 nitrogen and oxygen atoms in total. The third-order valence-corrected chi connectivity index (χ3v) is 3.84. The number of carbonyl (C=O) groups excluding carboxylic acids is 1. The number of hydrogen-bond acceptors (Lipinski definition) is 3. The zero-order valence-electron chi connectivity index (χ0n) is 11.0. The summed E-state index contributed by atoms with van der Waals surface area (Å²) in [5.41, 5.74) is 0.910. The first-order valence-corrected chi connectivity index (χ1v) is 7.41. The molecule has 0 saturated heterocycles. The van der Waals surface area contributed by atoms with Crippen LogP contribution in [0.3, 0.4) is 0 Å². The minimum atomic E-state index is -0.347. The van der Waals surface area contributed by atoms with E-state index in [1.807, 2.05) is 60.7 Å². The maximum Gasteiger partial charge on any atom is 0.230 e. The van der Waals surface area contributed by atoms with Crippen LogP contribution in [0.25, 0.3) is 0 Å². The molecular formula is C16H17NO2S. The van der Waals surface area contributed by atoms with Gasteiger partial charge in [-0.2, -0.15) is 0 Å². The Hall–Kier alpha value is -1.78. The van der Waals surface area contributed by atoms with E-state index in [0.717, 1.165) is 10.5 Å². The molecule has 2 N–H and O–H groups in total. The quantitative estimate of drug-likeness (QED) is 0.803. The van der Waals surface area contributed by atoms with E-state index in [-0.39, 0.29) is 18.6 Å². The first-order valence-electron chi connectivity index (χ1n) is 6.42. The molecule has 104 valence electrons. The molecule has 20 heavy (non-hydrogen) atoms. The summed E-state index contributed by atoms with van der Waals surface area (Å²) in [6.45, 7) is -0.105. The molecule has 4 heteroatoms. The number of amides is 1. The first-order chi connectivity index (χ1) is 9.79. The molecule has 2 aromatic carbocycles. The molecule has 0 bridgehead atoms. The minimum Gasteiger partial charge on any atom is -0.394 e. The van der Waals surface area contributed by atoms with Crippen molar-refractivity contribution in [3.05, 3.63) is 66.2 Å². The monoisotopic (exact) mass is 287 g/mol. The number of thioether (sulfide) groups is 1. The Morgan fingerprint density at radius 3 is 2.25 bits per heavy atom. The van der Waals surface area contributed by atoms with Crippen LogP contribution in [0.1, 0.15) is 11.6 Å². The van der Waals surface area contributed by atoms with Crippen LogP contribution in [-0.4, -0.2) is 23.4 Å². The van der Waals surface area contributed by atoms with Crippen molar-refractivity contribution in [2.75, 3.05) is 12.4 Å². The van der Waals surface area contributed by atoms with Crippen LogP contribution < -0.4 is 5.32 Å². The lowest BCUT2D eigenvalue weighted by atomic mass is 10.1. The zero-order valence-corrected chi connectivity index (χ0v) is 11.8. The molecule has 1 atom stereocenters. The number of benzene rings is 2. The van der Waals surface area contributed by atoms with Gasteiger partial charge in [0.2, 0.25) is 5.91 Å². The van der Waals surface area contributed by atoms with Crippen LogP contribution in [0, 0.1) is 0 Å². The molecule has 0 radical (unpaired) electrons. The SMILES string of the molecule is O=C(CSc1ccccc1)N[C@@H](CO)c1ccccc1. The van der Waals surface area contributed by atoms with E-state index in [0.29, 0.717) is 5.75 Å². The van der Waals surface area contributed by atoms with E-state index < -0.39 is 0 Å². The molecule has 0 unspecified atom stereocenters. The molecule has 0 aromatic heterocycles. The number of nitrogens with one attached hydrogen (secondary N) is 1. The molecule has 0 saturated carbocycles. The van der Waals surface area contributed by atoms with Gasteiger partial charge in [-0.1, -0.05) is 48.5 Å². The van der Waals surface area contributed by atoms with Gasteiger partial charge in [-0.05, 0) is 17.7 Å². The van der Waals surface area contributed by atoms with E-state index >= 15 is 0 Å². The largest absolute Gasteiger partial charge is 0.394 e. The van der Waals surface area contributed by atoms with Crippen molar-refractivity contribution in [1.29, 1.82) is 0 Å². The highest BCUT2D eigenvalue weighted by Crippen LogP contribution is 2.17. The third kappa shape index (κ3) is 4.40. The van der Waals surface area contributed by atoms with Crippen molar-refractivity contribution in [2.45, 2.75) is 10.9 Å². The second-order valence-electron chi connectivity index (χ2n) is 4.32. The number of carbonyl (C=O) groups is 1. The van der Waals surface area contributed by atoms with Crippen LogP contribution in [0.5, 0.6) is 0 Å². The average Bonchev–Trinajstić information content (AvgIpc) is 2.52. The maximum absolute atomic E-state index is 11.9. The third-order valence-electron chi connectivity index (χ3n) is 2.83. The first kappa shape index (κ1) is 14.6. The van der Waals surface area contributed by atoms with Crippen LogP contribution in [0.15, 0.2) is 65.6 Å². The fourth-order valence-electron chi connectivity index (χ4n) is 1.82. The topological polar surface area (TPSA) is 49.3 Å². The highest BCUT2D eigenvalue weighted by Gasteiger charge is 2.13. The standard InChI is InChI=1S/C16H17NO2S/c18-11-15(13-7-3-1-4-8-13)17-16(19)12-20-14-9-5-2-6-10-14/h1-10,15,18H,11-12H2,(H,17,19)/t15-/m0/s1. The van der Waals surface area contributed by atoms with E-state index in [4.69, 9.17) is 0 Å². The van der Waals surface area contributed by atoms with Crippen molar-refractivity contribution in [2.24, 2.45) is 0 Å². The van der Waals surface area contributed by atoms with Gasteiger partial charge >= 0.3 is 0 Å². The lowest BCUT2D eigenvalue weighted by Crippen LogP contribution is -2.32. The molecule has 0 aliphatic rings. The molecule has 0 fully saturated rings. The number of rotatable bonds is 6. The van der Waals surface area contributed by atoms with Gasteiger partial charge in [0, 0.05) is 4.90 Å². The Bertz CT molecular complexity index is 531. The van der Waals surface area contributed by atoms with Crippen molar-refractivity contribution in [1.82, 2.24) is 5.32 Å². The normalized spacial score (nSPS) is 11.8. The number of aliphatic hydroxyl groups excluding tert-OH is 1. The Kier molecular flexibility index (Phi) is 5.65. The lowest BCUT2D eigenvalue weighted by molar-refractivity contribution is -0.119. The second kappa shape index (κ2) is 7.72. The predicted molar refractivity (Wildman–Crippen MR) is 81.6 cm³/mol. The number of hydrogen-bond donors (Lipinski definition) is 2. The highest BCUT2D eigenvalue weighted by molar-refractivity contribution is 8.00. The van der Waals surface area contributed by atoms with Gasteiger partial charge in [0.05, 0.1) is 18.4 Å². The summed E-state index contributed by atoms with van der Waals surface area (Å²) in [6.07, 6.45) is 0. The summed E-state index contributed by atoms with van der Waals surface area (Å²) < 4.78 is 0. The molecule has 0 heterocycles. The van der Waals surface area contributed by atoms with Gasteiger partial charge in [0.15, 0.2) is 0 Å². The predicted octanol–water partition coefficient (Wildman–Crippen LogP) is 2.63. The number of aliphatic hydroxyl groups is 1. The Balaban J connectivity index is 1.87. The van der Waals surface area contributed by atoms with Gasteiger partial charge in [-0.25, -0.2) is 0 Å². The highest BCUT2D eigenvalue weighted by atomic mass is 32.2. The van der Waals surface area contributed by atoms with Crippen molar-refractivity contribution < 1.29 is 9.90 Å². The fraction of sp³-hybridized carbons (Fsp3) is 0.188. The van der Waals surface area contributed by atoms with E-state index in [9.17, 15) is 9.90 Å². The molecule has 2 aromatic rings. The van der Waals surface area contributed by atoms with Crippen LogP contribution in [-0.2, 0) is 4.79 Å². The Morgan fingerprint density at radius 2 is 1.65 bits per heavy atom. The van der Waals surface area contributed by atoms with Gasteiger partial charge in [-0.15, -0.1) is 11.8 Å². The maximum atomic E-state index is 11.9. The molecule has 0 aliphatic carbocycles. The van der Waals surface area contributed by atoms with Gasteiger partial charge in [0.1, 0.15) is 0 Å².